The van der Waals surface area contributed by atoms with E-state index in [2.05, 4.69) is 39.2 Å². The fourth-order valence-corrected chi connectivity index (χ4v) is 2.41. The van der Waals surface area contributed by atoms with E-state index in [4.69, 9.17) is 4.43 Å². The molecule has 118 valence electrons. The number of ketones is 1. The van der Waals surface area contributed by atoms with Crippen molar-refractivity contribution in [2.45, 2.75) is 65.6 Å². The van der Waals surface area contributed by atoms with Crippen LogP contribution >= 0.6 is 0 Å². The topological polar surface area (TPSA) is 55.4 Å². The summed E-state index contributed by atoms with van der Waals surface area (Å²) < 4.78 is 6.06. The van der Waals surface area contributed by atoms with Gasteiger partial charge >= 0.3 is 0 Å². The quantitative estimate of drug-likeness (QED) is 0.426. The minimum Gasteiger partial charge on any atom is -0.417 e. The summed E-state index contributed by atoms with van der Waals surface area (Å²) in [6.07, 6.45) is 1.81. The minimum absolute atomic E-state index is 0.0937. The number of hydrogen-bond donors (Lipinski definition) is 1. The second kappa shape index (κ2) is 7.93. The van der Waals surface area contributed by atoms with Crippen LogP contribution in [0.4, 0.5) is 0 Å². The first kappa shape index (κ1) is 19.3. The molecule has 1 amide bonds. The van der Waals surface area contributed by atoms with Gasteiger partial charge in [-0.2, -0.15) is 0 Å². The lowest BCUT2D eigenvalue weighted by atomic mass is 10.1. The van der Waals surface area contributed by atoms with Gasteiger partial charge in [0.05, 0.1) is 5.92 Å². The van der Waals surface area contributed by atoms with Crippen LogP contribution in [0.2, 0.25) is 18.1 Å². The molecule has 0 bridgehead atoms. The highest BCUT2D eigenvalue weighted by Crippen LogP contribution is 2.36. The number of carbonyl (C=O) groups is 2. The molecule has 0 aliphatic carbocycles. The number of nitrogens with one attached hydrogen (secondary N) is 1. The zero-order chi connectivity index (χ0) is 16.0. The van der Waals surface area contributed by atoms with Crippen LogP contribution in [-0.2, 0) is 14.0 Å². The lowest BCUT2D eigenvalue weighted by Gasteiger charge is -2.36. The first-order chi connectivity index (χ1) is 8.99. The third-order valence-corrected chi connectivity index (χ3v) is 8.68. The Morgan fingerprint density at radius 3 is 2.20 bits per heavy atom. The van der Waals surface area contributed by atoms with E-state index < -0.39 is 14.2 Å². The predicted octanol–water partition coefficient (Wildman–Crippen LogP) is 3.13. The van der Waals surface area contributed by atoms with Crippen molar-refractivity contribution in [2.75, 3.05) is 13.2 Å². The molecule has 0 aliphatic rings. The van der Waals surface area contributed by atoms with Gasteiger partial charge < -0.3 is 9.74 Å². The Balaban J connectivity index is 3.79. The molecule has 20 heavy (non-hydrogen) atoms. The Bertz CT molecular complexity index is 335. The summed E-state index contributed by atoms with van der Waals surface area (Å²) in [5.41, 5.74) is 0. The van der Waals surface area contributed by atoms with E-state index in [1.807, 2.05) is 0 Å². The van der Waals surface area contributed by atoms with E-state index in [9.17, 15) is 9.59 Å². The summed E-state index contributed by atoms with van der Waals surface area (Å²) in [4.78, 5) is 22.6. The molecular weight excluding hydrogens is 270 g/mol. The molecule has 0 heterocycles. The number of Topliss-reactive ketones (excluding diaryl/α,β-unsaturated/α-hetero) is 1. The molecule has 1 N–H and O–H groups in total. The van der Waals surface area contributed by atoms with Crippen LogP contribution in [0.15, 0.2) is 0 Å². The lowest BCUT2D eigenvalue weighted by molar-refractivity contribution is -0.132. The van der Waals surface area contributed by atoms with E-state index in [-0.39, 0.29) is 16.7 Å². The van der Waals surface area contributed by atoms with Gasteiger partial charge in [-0.3, -0.25) is 9.59 Å². The third kappa shape index (κ3) is 6.66. The molecule has 0 radical (unpaired) electrons. The summed E-state index contributed by atoms with van der Waals surface area (Å²) in [5, 5.41) is 3.02. The first-order valence-electron chi connectivity index (χ1n) is 7.41. The molecule has 0 fully saturated rings. The van der Waals surface area contributed by atoms with E-state index in [1.165, 1.54) is 6.92 Å². The second-order valence-electron chi connectivity index (χ2n) is 6.94. The van der Waals surface area contributed by atoms with Crippen molar-refractivity contribution in [3.8, 4) is 0 Å². The van der Waals surface area contributed by atoms with Crippen molar-refractivity contribution >= 4 is 20.0 Å². The third-order valence-electron chi connectivity index (χ3n) is 4.14. The van der Waals surface area contributed by atoms with Crippen molar-refractivity contribution in [3.05, 3.63) is 0 Å². The van der Waals surface area contributed by atoms with Crippen LogP contribution in [0.5, 0.6) is 0 Å². The number of unbranched alkanes of at least 4 members (excludes halogenated alkanes) is 1. The van der Waals surface area contributed by atoms with Crippen molar-refractivity contribution in [3.63, 3.8) is 0 Å². The first-order valence-corrected chi connectivity index (χ1v) is 10.3. The number of rotatable bonds is 8. The Labute approximate surface area is 124 Å². The Morgan fingerprint density at radius 1 is 1.20 bits per heavy atom. The largest absolute Gasteiger partial charge is 0.417 e. The summed E-state index contributed by atoms with van der Waals surface area (Å²) in [7, 11) is -1.65. The predicted molar refractivity (Wildman–Crippen MR) is 85.2 cm³/mol. The zero-order valence-corrected chi connectivity index (χ0v) is 15.1. The fourth-order valence-electron chi connectivity index (χ4n) is 1.32. The van der Waals surface area contributed by atoms with E-state index in [0.717, 1.165) is 19.4 Å². The highest BCUT2D eigenvalue weighted by atomic mass is 28.4. The molecule has 0 spiro atoms. The summed E-state index contributed by atoms with van der Waals surface area (Å²) in [6, 6.07) is 0. The van der Waals surface area contributed by atoms with E-state index in [0.29, 0.717) is 6.54 Å². The summed E-state index contributed by atoms with van der Waals surface area (Å²) >= 11 is 0. The second-order valence-corrected chi connectivity index (χ2v) is 11.7. The maximum absolute atomic E-state index is 11.6. The fraction of sp³-hybridized carbons (Fsp3) is 0.867. The summed E-state index contributed by atoms with van der Waals surface area (Å²) in [5.74, 6) is -0.815. The average molecular weight is 302 g/mol. The van der Waals surface area contributed by atoms with Gasteiger partial charge in [-0.05, 0) is 44.8 Å². The van der Waals surface area contributed by atoms with Gasteiger partial charge in [0.15, 0.2) is 8.32 Å². The molecule has 0 aliphatic heterocycles. The molecule has 0 saturated heterocycles. The monoisotopic (exact) mass is 301 g/mol. The van der Waals surface area contributed by atoms with Crippen LogP contribution in [0, 0.1) is 5.92 Å². The van der Waals surface area contributed by atoms with Crippen LogP contribution < -0.4 is 5.32 Å². The molecule has 5 heteroatoms. The summed E-state index contributed by atoms with van der Waals surface area (Å²) in [6.45, 7) is 15.6. The maximum atomic E-state index is 11.6. The van der Waals surface area contributed by atoms with E-state index in [1.54, 1.807) is 6.92 Å². The molecular formula is C15H31NO3Si. The minimum atomic E-state index is -1.65. The van der Waals surface area contributed by atoms with Gasteiger partial charge in [-0.25, -0.2) is 0 Å². The van der Waals surface area contributed by atoms with Gasteiger partial charge in [0.2, 0.25) is 5.91 Å². The van der Waals surface area contributed by atoms with Crippen molar-refractivity contribution in [1.82, 2.24) is 5.32 Å². The highest BCUT2D eigenvalue weighted by molar-refractivity contribution is 6.74. The molecule has 0 aromatic heterocycles. The molecule has 0 rings (SSSR count). The molecule has 4 nitrogen and oxygen atoms in total. The number of amides is 1. The van der Waals surface area contributed by atoms with Crippen LogP contribution in [-0.4, -0.2) is 33.2 Å². The Morgan fingerprint density at radius 2 is 1.75 bits per heavy atom. The average Bonchev–Trinajstić information content (AvgIpc) is 2.30. The molecule has 1 unspecified atom stereocenters. The maximum Gasteiger partial charge on any atom is 0.230 e. The van der Waals surface area contributed by atoms with Gasteiger partial charge in [-0.15, -0.1) is 0 Å². The molecule has 0 aromatic carbocycles. The Hall–Kier alpha value is -0.683. The van der Waals surface area contributed by atoms with E-state index >= 15 is 0 Å². The SMILES string of the molecule is CC(=O)C(C)C(=O)NCCCCO[Si](C)(C)C(C)(C)C. The number of hydrogen-bond acceptors (Lipinski definition) is 3. The molecule has 1 atom stereocenters. The standard InChI is InChI=1S/C15H31NO3Si/c1-12(13(2)17)14(18)16-10-8-9-11-19-20(6,7)15(3,4)5/h12H,8-11H2,1-7H3,(H,16,18). The van der Waals surface area contributed by atoms with Crippen molar-refractivity contribution in [2.24, 2.45) is 5.92 Å². The van der Waals surface area contributed by atoms with Gasteiger partial charge in [0, 0.05) is 13.2 Å². The van der Waals surface area contributed by atoms with Gasteiger partial charge in [-0.1, -0.05) is 20.8 Å². The molecule has 0 aromatic rings. The molecule has 0 saturated carbocycles. The van der Waals surface area contributed by atoms with Gasteiger partial charge in [0.1, 0.15) is 5.78 Å². The van der Waals surface area contributed by atoms with Gasteiger partial charge in [0.25, 0.3) is 0 Å². The van der Waals surface area contributed by atoms with Crippen molar-refractivity contribution < 1.29 is 14.0 Å². The Kier molecular flexibility index (Phi) is 7.66. The van der Waals surface area contributed by atoms with Crippen molar-refractivity contribution in [1.29, 1.82) is 0 Å². The normalized spacial score (nSPS) is 13.9. The zero-order valence-electron chi connectivity index (χ0n) is 14.1. The van der Waals surface area contributed by atoms with Crippen LogP contribution in [0.3, 0.4) is 0 Å². The highest BCUT2D eigenvalue weighted by Gasteiger charge is 2.36. The number of carbonyl (C=O) groups excluding carboxylic acids is 2. The van der Waals surface area contributed by atoms with Crippen LogP contribution in [0.25, 0.3) is 0 Å². The smallest absolute Gasteiger partial charge is 0.230 e. The lowest BCUT2D eigenvalue weighted by Crippen LogP contribution is -2.41. The van der Waals surface area contributed by atoms with Crippen LogP contribution in [0.1, 0.15) is 47.5 Å².